The lowest BCUT2D eigenvalue weighted by atomic mass is 10.2. The number of sulfonamides is 1. The van der Waals surface area contributed by atoms with E-state index in [0.717, 1.165) is 5.56 Å². The molecule has 0 heterocycles. The van der Waals surface area contributed by atoms with E-state index >= 15 is 0 Å². The van der Waals surface area contributed by atoms with Gasteiger partial charge in [0.25, 0.3) is 10.0 Å². The van der Waals surface area contributed by atoms with Gasteiger partial charge in [-0.2, -0.15) is 0 Å². The first-order valence-electron chi connectivity index (χ1n) is 5.69. The molecule has 0 spiro atoms. The van der Waals surface area contributed by atoms with Crippen molar-refractivity contribution in [3.63, 3.8) is 0 Å². The Morgan fingerprint density at radius 2 is 1.55 bits per heavy atom. The molecule has 20 heavy (non-hydrogen) atoms. The van der Waals surface area contributed by atoms with Gasteiger partial charge in [0.2, 0.25) is 0 Å². The lowest BCUT2D eigenvalue weighted by molar-refractivity contribution is 0.564. The fourth-order valence-corrected chi connectivity index (χ4v) is 3.00. The molecule has 5 nitrogen and oxygen atoms in total. The van der Waals surface area contributed by atoms with Crippen LogP contribution in [0.5, 0.6) is 0 Å². The van der Waals surface area contributed by atoms with E-state index in [1.54, 1.807) is 12.1 Å². The Morgan fingerprint density at radius 3 is 2.05 bits per heavy atom. The zero-order valence-corrected chi connectivity index (χ0v) is 12.2. The second-order valence-electron chi connectivity index (χ2n) is 4.19. The minimum absolute atomic E-state index is 0.165. The molecule has 2 rings (SSSR count). The van der Waals surface area contributed by atoms with Gasteiger partial charge in [-0.15, -0.1) is 0 Å². The van der Waals surface area contributed by atoms with Crippen LogP contribution in [0.25, 0.3) is 0 Å². The third-order valence-corrected chi connectivity index (χ3v) is 4.71. The predicted molar refractivity (Wildman–Crippen MR) is 77.5 cm³/mol. The molecule has 2 aromatic rings. The van der Waals surface area contributed by atoms with E-state index in [0.29, 0.717) is 5.69 Å². The number of benzene rings is 2. The molecular weight excluding hydrogens is 298 g/mol. The Balaban J connectivity index is 2.24. The molecule has 0 amide bonds. The first-order chi connectivity index (χ1) is 9.38. The molecule has 0 aromatic heterocycles. The summed E-state index contributed by atoms with van der Waals surface area (Å²) in [4.78, 5) is 0.376. The molecule has 2 N–H and O–H groups in total. The maximum Gasteiger partial charge on any atom is 0.261 e. The van der Waals surface area contributed by atoms with Crippen molar-refractivity contribution in [2.75, 3.05) is 4.72 Å². The van der Waals surface area contributed by atoms with Crippen molar-refractivity contribution in [3.8, 4) is 0 Å². The molecule has 1 unspecified atom stereocenters. The molecule has 0 aliphatic rings. The summed E-state index contributed by atoms with van der Waals surface area (Å²) in [7, 11) is -3.65. The van der Waals surface area contributed by atoms with Crippen molar-refractivity contribution in [1.82, 2.24) is 0 Å². The van der Waals surface area contributed by atoms with Crippen molar-refractivity contribution in [3.05, 3.63) is 54.1 Å². The van der Waals surface area contributed by atoms with E-state index in [1.807, 2.05) is 6.92 Å². The molecule has 7 heteroatoms. The quantitative estimate of drug-likeness (QED) is 0.849. The Hall–Kier alpha value is -1.70. The maximum absolute atomic E-state index is 12.1. The third kappa shape index (κ3) is 3.44. The van der Waals surface area contributed by atoms with Crippen LogP contribution in [0.3, 0.4) is 0 Å². The molecular formula is C13H13NO4S2. The van der Waals surface area contributed by atoms with Crippen LogP contribution in [-0.4, -0.2) is 17.2 Å². The second-order valence-corrected chi connectivity index (χ2v) is 6.84. The Kier molecular flexibility index (Phi) is 4.22. The van der Waals surface area contributed by atoms with Crippen molar-refractivity contribution in [1.29, 1.82) is 0 Å². The molecule has 0 saturated carbocycles. The van der Waals surface area contributed by atoms with E-state index in [4.69, 9.17) is 4.55 Å². The first kappa shape index (κ1) is 14.7. The summed E-state index contributed by atoms with van der Waals surface area (Å²) in [5.41, 5.74) is 1.30. The Labute approximate surface area is 120 Å². The van der Waals surface area contributed by atoms with E-state index < -0.39 is 21.1 Å². The number of hydrogen-bond acceptors (Lipinski definition) is 3. The van der Waals surface area contributed by atoms with Gasteiger partial charge in [-0.25, -0.2) is 12.6 Å². The zero-order valence-electron chi connectivity index (χ0n) is 10.6. The first-order valence-corrected chi connectivity index (χ1v) is 8.28. The SMILES string of the molecule is Cc1ccc(S(=O)(=O)Nc2ccc(S(=O)O)cc2)cc1. The van der Waals surface area contributed by atoms with Crippen LogP contribution in [0.4, 0.5) is 5.69 Å². The predicted octanol–water partition coefficient (Wildman–Crippen LogP) is 2.38. The summed E-state index contributed by atoms with van der Waals surface area (Å²) in [6.45, 7) is 1.87. The lowest BCUT2D eigenvalue weighted by Crippen LogP contribution is -2.12. The molecule has 0 saturated heterocycles. The Bertz CT molecular complexity index is 722. The topological polar surface area (TPSA) is 83.5 Å². The third-order valence-electron chi connectivity index (χ3n) is 2.64. The van der Waals surface area contributed by atoms with Crippen molar-refractivity contribution in [2.24, 2.45) is 0 Å². The number of nitrogens with one attached hydrogen (secondary N) is 1. The fraction of sp³-hybridized carbons (Fsp3) is 0.0769. The van der Waals surface area contributed by atoms with Gasteiger partial charge in [0.15, 0.2) is 11.1 Å². The summed E-state index contributed by atoms with van der Waals surface area (Å²) >= 11 is -2.08. The van der Waals surface area contributed by atoms with Gasteiger partial charge in [-0.1, -0.05) is 17.7 Å². The van der Waals surface area contributed by atoms with Crippen LogP contribution < -0.4 is 4.72 Å². The number of anilines is 1. The van der Waals surface area contributed by atoms with Gasteiger partial charge in [0.1, 0.15) is 0 Å². The van der Waals surface area contributed by atoms with Crippen LogP contribution in [0.1, 0.15) is 5.56 Å². The highest BCUT2D eigenvalue weighted by Crippen LogP contribution is 2.17. The minimum atomic E-state index is -3.65. The van der Waals surface area contributed by atoms with Crippen molar-refractivity contribution < 1.29 is 17.2 Å². The summed E-state index contributed by atoms with van der Waals surface area (Å²) in [5.74, 6) is 0. The van der Waals surface area contributed by atoms with Gasteiger partial charge in [-0.05, 0) is 43.3 Å². The molecule has 0 radical (unpaired) electrons. The second kappa shape index (κ2) is 5.74. The average molecular weight is 311 g/mol. The average Bonchev–Trinajstić information content (AvgIpc) is 2.39. The van der Waals surface area contributed by atoms with Crippen LogP contribution in [0.15, 0.2) is 58.3 Å². The number of hydrogen-bond donors (Lipinski definition) is 2. The van der Waals surface area contributed by atoms with E-state index in [-0.39, 0.29) is 9.79 Å². The molecule has 1 atom stereocenters. The molecule has 0 bridgehead atoms. The highest BCUT2D eigenvalue weighted by atomic mass is 32.2. The van der Waals surface area contributed by atoms with Gasteiger partial charge >= 0.3 is 0 Å². The van der Waals surface area contributed by atoms with Crippen LogP contribution in [-0.2, 0) is 21.1 Å². The largest absolute Gasteiger partial charge is 0.302 e. The van der Waals surface area contributed by atoms with Gasteiger partial charge in [0, 0.05) is 5.69 Å². The Morgan fingerprint density at radius 1 is 1.00 bits per heavy atom. The van der Waals surface area contributed by atoms with Gasteiger partial charge in [0.05, 0.1) is 9.79 Å². The van der Waals surface area contributed by atoms with Crippen LogP contribution >= 0.6 is 0 Å². The van der Waals surface area contributed by atoms with Crippen molar-refractivity contribution >= 4 is 26.8 Å². The van der Waals surface area contributed by atoms with Crippen LogP contribution in [0.2, 0.25) is 0 Å². The molecule has 106 valence electrons. The molecule has 2 aromatic carbocycles. The fourth-order valence-electron chi connectivity index (χ4n) is 1.57. The van der Waals surface area contributed by atoms with E-state index in [9.17, 15) is 12.6 Å². The minimum Gasteiger partial charge on any atom is -0.302 e. The standard InChI is InChI=1S/C13H13NO4S2/c1-10-2-8-13(9-3-10)20(17,18)14-11-4-6-12(7-5-11)19(15)16/h2-9,14H,1H3,(H,15,16). The highest BCUT2D eigenvalue weighted by molar-refractivity contribution is 7.92. The summed E-state index contributed by atoms with van der Waals surface area (Å²) < 4.78 is 46.3. The number of aryl methyl sites for hydroxylation is 1. The van der Waals surface area contributed by atoms with Crippen LogP contribution in [0, 0.1) is 6.92 Å². The van der Waals surface area contributed by atoms with Gasteiger partial charge in [-0.3, -0.25) is 4.72 Å². The number of rotatable bonds is 4. The lowest BCUT2D eigenvalue weighted by Gasteiger charge is -2.08. The van der Waals surface area contributed by atoms with E-state index in [2.05, 4.69) is 4.72 Å². The summed E-state index contributed by atoms with van der Waals surface area (Å²) in [5, 5.41) is 0. The summed E-state index contributed by atoms with van der Waals surface area (Å²) in [6.07, 6.45) is 0. The molecule has 0 fully saturated rings. The van der Waals surface area contributed by atoms with Gasteiger partial charge < -0.3 is 4.55 Å². The highest BCUT2D eigenvalue weighted by Gasteiger charge is 2.13. The zero-order chi connectivity index (χ0) is 14.8. The monoisotopic (exact) mass is 311 g/mol. The smallest absolute Gasteiger partial charge is 0.261 e. The summed E-state index contributed by atoms with van der Waals surface area (Å²) in [6, 6.07) is 12.1. The van der Waals surface area contributed by atoms with Crippen molar-refractivity contribution in [2.45, 2.75) is 16.7 Å². The maximum atomic E-state index is 12.1. The normalized spacial score (nSPS) is 12.9. The van der Waals surface area contributed by atoms with E-state index in [1.165, 1.54) is 36.4 Å². The molecule has 0 aliphatic heterocycles. The molecule has 0 aliphatic carbocycles.